The SMILES string of the molecule is O=C(C1CC1)N1CCCC(Cc2noc(-c3cnccn3)n2)C1. The number of rotatable bonds is 4. The van der Waals surface area contributed by atoms with Gasteiger partial charge >= 0.3 is 0 Å². The van der Waals surface area contributed by atoms with Crippen LogP contribution in [0.25, 0.3) is 11.6 Å². The monoisotopic (exact) mass is 313 g/mol. The van der Waals surface area contributed by atoms with Gasteiger partial charge in [-0.2, -0.15) is 4.98 Å². The Kier molecular flexibility index (Phi) is 3.77. The zero-order valence-electron chi connectivity index (χ0n) is 12.9. The Bertz CT molecular complexity index is 683. The van der Waals surface area contributed by atoms with Gasteiger partial charge in [0.05, 0.1) is 6.20 Å². The zero-order chi connectivity index (χ0) is 15.6. The van der Waals surface area contributed by atoms with Crippen molar-refractivity contribution in [2.24, 2.45) is 11.8 Å². The van der Waals surface area contributed by atoms with E-state index in [1.54, 1.807) is 18.6 Å². The van der Waals surface area contributed by atoms with Gasteiger partial charge in [0.1, 0.15) is 5.69 Å². The second-order valence-corrected chi connectivity index (χ2v) is 6.38. The van der Waals surface area contributed by atoms with Crippen molar-refractivity contribution in [2.45, 2.75) is 32.1 Å². The van der Waals surface area contributed by atoms with Crippen molar-refractivity contribution in [3.05, 3.63) is 24.4 Å². The van der Waals surface area contributed by atoms with Gasteiger partial charge in [0, 0.05) is 37.8 Å². The van der Waals surface area contributed by atoms with Crippen molar-refractivity contribution in [3.8, 4) is 11.6 Å². The first-order valence-electron chi connectivity index (χ1n) is 8.17. The number of hydrogen-bond acceptors (Lipinski definition) is 6. The molecule has 0 radical (unpaired) electrons. The Balaban J connectivity index is 1.40. The van der Waals surface area contributed by atoms with Gasteiger partial charge in [0.2, 0.25) is 5.91 Å². The number of nitrogens with zero attached hydrogens (tertiary/aromatic N) is 5. The molecule has 3 heterocycles. The van der Waals surface area contributed by atoms with E-state index in [0.717, 1.165) is 45.2 Å². The lowest BCUT2D eigenvalue weighted by atomic mass is 9.94. The molecule has 0 bridgehead atoms. The number of carbonyl (C=O) groups excluding carboxylic acids is 1. The van der Waals surface area contributed by atoms with Crippen LogP contribution in [-0.2, 0) is 11.2 Å². The van der Waals surface area contributed by atoms with E-state index in [2.05, 4.69) is 20.1 Å². The van der Waals surface area contributed by atoms with Gasteiger partial charge in [0.25, 0.3) is 5.89 Å². The summed E-state index contributed by atoms with van der Waals surface area (Å²) >= 11 is 0. The minimum atomic E-state index is 0.294. The Morgan fingerprint density at radius 2 is 2.22 bits per heavy atom. The Labute approximate surface area is 134 Å². The number of aromatic nitrogens is 4. The molecule has 2 aliphatic rings. The quantitative estimate of drug-likeness (QED) is 0.854. The summed E-state index contributed by atoms with van der Waals surface area (Å²) in [6.07, 6.45) is 9.82. The number of carbonyl (C=O) groups is 1. The van der Waals surface area contributed by atoms with E-state index >= 15 is 0 Å². The van der Waals surface area contributed by atoms with Crippen LogP contribution in [0.3, 0.4) is 0 Å². The summed E-state index contributed by atoms with van der Waals surface area (Å²) in [6, 6.07) is 0. The van der Waals surface area contributed by atoms with Crippen LogP contribution >= 0.6 is 0 Å². The Morgan fingerprint density at radius 1 is 1.30 bits per heavy atom. The smallest absolute Gasteiger partial charge is 0.278 e. The molecule has 0 N–H and O–H groups in total. The maximum absolute atomic E-state index is 12.2. The van der Waals surface area contributed by atoms with Crippen LogP contribution in [0.15, 0.2) is 23.1 Å². The van der Waals surface area contributed by atoms with Crippen molar-refractivity contribution < 1.29 is 9.32 Å². The van der Waals surface area contributed by atoms with Gasteiger partial charge in [-0.05, 0) is 31.6 Å². The molecule has 0 aromatic carbocycles. The summed E-state index contributed by atoms with van der Waals surface area (Å²) in [5, 5.41) is 4.05. The third-order valence-corrected chi connectivity index (χ3v) is 4.48. The minimum Gasteiger partial charge on any atom is -0.342 e. The Morgan fingerprint density at radius 3 is 3.00 bits per heavy atom. The molecule has 2 fully saturated rings. The fourth-order valence-corrected chi connectivity index (χ4v) is 3.13. The molecular weight excluding hydrogens is 294 g/mol. The van der Waals surface area contributed by atoms with Gasteiger partial charge in [-0.15, -0.1) is 0 Å². The van der Waals surface area contributed by atoms with Crippen LogP contribution in [0, 0.1) is 11.8 Å². The van der Waals surface area contributed by atoms with E-state index in [9.17, 15) is 4.79 Å². The van der Waals surface area contributed by atoms with E-state index in [1.165, 1.54) is 0 Å². The number of amides is 1. The molecule has 7 heteroatoms. The molecule has 1 aliphatic heterocycles. The Hall–Kier alpha value is -2.31. The zero-order valence-corrected chi connectivity index (χ0v) is 12.9. The molecule has 1 amide bonds. The first-order chi connectivity index (χ1) is 11.3. The lowest BCUT2D eigenvalue weighted by molar-refractivity contribution is -0.134. The summed E-state index contributed by atoms with van der Waals surface area (Å²) in [4.78, 5) is 26.8. The van der Waals surface area contributed by atoms with Crippen LogP contribution < -0.4 is 0 Å². The highest BCUT2D eigenvalue weighted by atomic mass is 16.5. The molecule has 2 aromatic heterocycles. The molecule has 2 aromatic rings. The maximum Gasteiger partial charge on any atom is 0.278 e. The predicted octanol–water partition coefficient (Wildman–Crippen LogP) is 1.72. The summed E-state index contributed by atoms with van der Waals surface area (Å²) in [5.74, 6) is 2.11. The van der Waals surface area contributed by atoms with Crippen LogP contribution in [-0.4, -0.2) is 44.0 Å². The second kappa shape index (κ2) is 6.06. The lowest BCUT2D eigenvalue weighted by Gasteiger charge is -2.32. The van der Waals surface area contributed by atoms with Crippen molar-refractivity contribution in [1.82, 2.24) is 25.0 Å². The van der Waals surface area contributed by atoms with Crippen molar-refractivity contribution >= 4 is 5.91 Å². The second-order valence-electron chi connectivity index (χ2n) is 6.38. The maximum atomic E-state index is 12.2. The van der Waals surface area contributed by atoms with Crippen LogP contribution in [0.1, 0.15) is 31.5 Å². The molecule has 4 rings (SSSR count). The highest BCUT2D eigenvalue weighted by molar-refractivity contribution is 5.81. The predicted molar refractivity (Wildman–Crippen MR) is 81.1 cm³/mol. The van der Waals surface area contributed by atoms with E-state index in [-0.39, 0.29) is 0 Å². The topological polar surface area (TPSA) is 85.0 Å². The minimum absolute atomic E-state index is 0.294. The molecule has 1 saturated carbocycles. The standard InChI is InChI=1S/C16H19N5O2/c22-16(12-3-4-12)21-7-1-2-11(10-21)8-14-19-15(23-20-14)13-9-17-5-6-18-13/h5-6,9,11-12H,1-4,7-8,10H2. The molecule has 0 spiro atoms. The summed E-state index contributed by atoms with van der Waals surface area (Å²) in [5.41, 5.74) is 0.584. The highest BCUT2D eigenvalue weighted by Crippen LogP contribution is 2.33. The van der Waals surface area contributed by atoms with Gasteiger partial charge in [0.15, 0.2) is 5.82 Å². The van der Waals surface area contributed by atoms with E-state index in [0.29, 0.717) is 35.2 Å². The van der Waals surface area contributed by atoms with Crippen LogP contribution in [0.2, 0.25) is 0 Å². The van der Waals surface area contributed by atoms with Crippen molar-refractivity contribution in [2.75, 3.05) is 13.1 Å². The first-order valence-corrected chi connectivity index (χ1v) is 8.17. The molecule has 1 unspecified atom stereocenters. The average Bonchev–Trinajstić information content (AvgIpc) is 3.35. The summed E-state index contributed by atoms with van der Waals surface area (Å²) in [7, 11) is 0. The van der Waals surface area contributed by atoms with Crippen molar-refractivity contribution in [3.63, 3.8) is 0 Å². The number of piperidine rings is 1. The van der Waals surface area contributed by atoms with E-state index < -0.39 is 0 Å². The van der Waals surface area contributed by atoms with Gasteiger partial charge < -0.3 is 9.42 Å². The van der Waals surface area contributed by atoms with E-state index in [4.69, 9.17) is 4.52 Å². The van der Waals surface area contributed by atoms with E-state index in [1.807, 2.05) is 4.90 Å². The van der Waals surface area contributed by atoms with Crippen LogP contribution in [0.4, 0.5) is 0 Å². The molecule has 23 heavy (non-hydrogen) atoms. The molecule has 7 nitrogen and oxygen atoms in total. The summed E-state index contributed by atoms with van der Waals surface area (Å²) in [6.45, 7) is 1.70. The summed E-state index contributed by atoms with van der Waals surface area (Å²) < 4.78 is 5.27. The first kappa shape index (κ1) is 14.3. The normalized spacial score (nSPS) is 21.4. The third kappa shape index (κ3) is 3.23. The largest absolute Gasteiger partial charge is 0.342 e. The fourth-order valence-electron chi connectivity index (χ4n) is 3.13. The van der Waals surface area contributed by atoms with Crippen LogP contribution in [0.5, 0.6) is 0 Å². The fraction of sp³-hybridized carbons (Fsp3) is 0.562. The third-order valence-electron chi connectivity index (χ3n) is 4.48. The molecular formula is C16H19N5O2. The molecule has 1 aliphatic carbocycles. The number of likely N-dealkylation sites (tertiary alicyclic amines) is 1. The van der Waals surface area contributed by atoms with Gasteiger partial charge in [-0.1, -0.05) is 5.16 Å². The molecule has 1 atom stereocenters. The molecule has 120 valence electrons. The van der Waals surface area contributed by atoms with Gasteiger partial charge in [-0.25, -0.2) is 4.98 Å². The van der Waals surface area contributed by atoms with Gasteiger partial charge in [-0.3, -0.25) is 9.78 Å². The average molecular weight is 313 g/mol. The highest BCUT2D eigenvalue weighted by Gasteiger charge is 2.35. The lowest BCUT2D eigenvalue weighted by Crippen LogP contribution is -2.41. The van der Waals surface area contributed by atoms with Crippen molar-refractivity contribution in [1.29, 1.82) is 0 Å². The number of hydrogen-bond donors (Lipinski definition) is 0. The molecule has 1 saturated heterocycles.